The Morgan fingerprint density at radius 3 is 2.42 bits per heavy atom. The zero-order valence-corrected chi connectivity index (χ0v) is 21.0. The Morgan fingerprint density at radius 1 is 1.18 bits per heavy atom. The predicted octanol–water partition coefficient (Wildman–Crippen LogP) is 4.16. The SMILES string of the molecule is C=C(NC[C@H](O)CO)[C@@H]1N[C@@H](CC(C)(C)C)[C@](N)(c2ccc(Cl)cc2)[C@H]1c1cccc(Cl)c1. The molecule has 7 heteroatoms. The van der Waals surface area contributed by atoms with Crippen LogP contribution < -0.4 is 16.4 Å². The van der Waals surface area contributed by atoms with Gasteiger partial charge in [0.2, 0.25) is 0 Å². The molecule has 0 aliphatic carbocycles. The van der Waals surface area contributed by atoms with E-state index in [0.29, 0.717) is 15.7 Å². The van der Waals surface area contributed by atoms with Crippen molar-refractivity contribution < 1.29 is 10.2 Å². The number of halogens is 2. The second-order valence-corrected chi connectivity index (χ2v) is 11.0. The topological polar surface area (TPSA) is 90.5 Å². The average Bonchev–Trinajstić information content (AvgIpc) is 3.03. The van der Waals surface area contributed by atoms with Crippen LogP contribution >= 0.6 is 23.2 Å². The number of nitrogens with one attached hydrogen (secondary N) is 2. The average molecular weight is 492 g/mol. The number of aliphatic hydroxyl groups is 2. The third kappa shape index (κ3) is 5.91. The lowest BCUT2D eigenvalue weighted by Gasteiger charge is -2.40. The van der Waals surface area contributed by atoms with E-state index in [9.17, 15) is 10.2 Å². The van der Waals surface area contributed by atoms with E-state index in [4.69, 9.17) is 28.9 Å². The standard InChI is InChI=1S/C26H35Cl2N3O2/c1-16(30-14-21(33)15-32)24-23(17-6-5-7-20(28)12-17)26(29,18-8-10-19(27)11-9-18)22(31-24)13-25(2,3)4/h5-12,21-24,30-33H,1,13-15,29H2,2-4H3/t21-,22-,23-,24-,26+/m0/s1. The third-order valence-electron chi connectivity index (χ3n) is 6.32. The molecule has 1 aliphatic rings. The molecule has 0 amide bonds. The highest BCUT2D eigenvalue weighted by atomic mass is 35.5. The molecule has 6 N–H and O–H groups in total. The maximum absolute atomic E-state index is 9.85. The Hall–Kier alpha value is -1.60. The third-order valence-corrected chi connectivity index (χ3v) is 6.81. The van der Waals surface area contributed by atoms with Gasteiger partial charge in [0, 0.05) is 34.2 Å². The van der Waals surface area contributed by atoms with Crippen LogP contribution in [0.5, 0.6) is 0 Å². The summed E-state index contributed by atoms with van der Waals surface area (Å²) >= 11 is 12.6. The molecule has 0 aromatic heterocycles. The van der Waals surface area contributed by atoms with Crippen LogP contribution in [0, 0.1) is 5.41 Å². The molecule has 2 aromatic carbocycles. The van der Waals surface area contributed by atoms with Crippen molar-refractivity contribution in [1.82, 2.24) is 10.6 Å². The molecule has 1 aliphatic heterocycles. The van der Waals surface area contributed by atoms with Crippen LogP contribution in [0.3, 0.4) is 0 Å². The number of aliphatic hydroxyl groups excluding tert-OH is 2. The molecule has 180 valence electrons. The molecule has 0 unspecified atom stereocenters. The maximum atomic E-state index is 9.85. The summed E-state index contributed by atoms with van der Waals surface area (Å²) in [5, 5.41) is 27.3. The minimum Gasteiger partial charge on any atom is -0.394 e. The minimum absolute atomic E-state index is 0.0182. The Bertz CT molecular complexity index is 961. The van der Waals surface area contributed by atoms with Crippen LogP contribution in [0.4, 0.5) is 0 Å². The van der Waals surface area contributed by atoms with Crippen molar-refractivity contribution in [2.24, 2.45) is 11.1 Å². The lowest BCUT2D eigenvalue weighted by atomic mass is 9.68. The van der Waals surface area contributed by atoms with Crippen molar-refractivity contribution in [2.45, 2.75) is 56.8 Å². The summed E-state index contributed by atoms with van der Waals surface area (Å²) in [6.45, 7) is 10.7. The molecule has 0 radical (unpaired) electrons. The lowest BCUT2D eigenvalue weighted by Crippen LogP contribution is -2.51. The van der Waals surface area contributed by atoms with Gasteiger partial charge in [0.25, 0.3) is 0 Å². The van der Waals surface area contributed by atoms with Gasteiger partial charge in [0.05, 0.1) is 24.3 Å². The zero-order valence-electron chi connectivity index (χ0n) is 19.5. The Labute approximate surface area is 207 Å². The normalized spacial score (nSPS) is 26.2. The predicted molar refractivity (Wildman–Crippen MR) is 137 cm³/mol. The molecule has 1 heterocycles. The van der Waals surface area contributed by atoms with Gasteiger partial charge in [-0.1, -0.05) is 74.8 Å². The molecule has 0 bridgehead atoms. The van der Waals surface area contributed by atoms with Gasteiger partial charge in [-0.25, -0.2) is 0 Å². The molecule has 33 heavy (non-hydrogen) atoms. The van der Waals surface area contributed by atoms with E-state index in [0.717, 1.165) is 17.5 Å². The fourth-order valence-corrected chi connectivity index (χ4v) is 5.12. The fourth-order valence-electron chi connectivity index (χ4n) is 4.80. The lowest BCUT2D eigenvalue weighted by molar-refractivity contribution is 0.0960. The van der Waals surface area contributed by atoms with Gasteiger partial charge < -0.3 is 26.6 Å². The Balaban J connectivity index is 2.13. The molecular weight excluding hydrogens is 457 g/mol. The van der Waals surface area contributed by atoms with Gasteiger partial charge in [0.15, 0.2) is 0 Å². The summed E-state index contributed by atoms with van der Waals surface area (Å²) in [4.78, 5) is 0. The van der Waals surface area contributed by atoms with E-state index in [1.807, 2.05) is 48.5 Å². The molecule has 3 rings (SSSR count). The number of rotatable bonds is 8. The van der Waals surface area contributed by atoms with E-state index in [1.54, 1.807) is 0 Å². The Kier molecular flexibility index (Phi) is 8.15. The first kappa shape index (κ1) is 26.0. The monoisotopic (exact) mass is 491 g/mol. The van der Waals surface area contributed by atoms with E-state index in [1.165, 1.54) is 0 Å². The molecule has 0 saturated carbocycles. The molecule has 0 spiro atoms. The van der Waals surface area contributed by atoms with Gasteiger partial charge in [0.1, 0.15) is 0 Å². The number of nitrogens with two attached hydrogens (primary N) is 1. The highest BCUT2D eigenvalue weighted by Gasteiger charge is 2.55. The largest absolute Gasteiger partial charge is 0.394 e. The van der Waals surface area contributed by atoms with Crippen molar-refractivity contribution in [2.75, 3.05) is 13.2 Å². The highest BCUT2D eigenvalue weighted by Crippen LogP contribution is 2.49. The smallest absolute Gasteiger partial charge is 0.0942 e. The zero-order chi connectivity index (χ0) is 24.4. The maximum Gasteiger partial charge on any atom is 0.0942 e. The first-order valence-electron chi connectivity index (χ1n) is 11.2. The van der Waals surface area contributed by atoms with E-state index < -0.39 is 11.6 Å². The molecule has 5 atom stereocenters. The van der Waals surface area contributed by atoms with Crippen LogP contribution in [0.2, 0.25) is 10.0 Å². The van der Waals surface area contributed by atoms with E-state index in [2.05, 4.69) is 38.0 Å². The minimum atomic E-state index is -0.878. The number of hydrogen-bond donors (Lipinski definition) is 5. The van der Waals surface area contributed by atoms with Crippen molar-refractivity contribution in [3.05, 3.63) is 82.0 Å². The molecule has 5 nitrogen and oxygen atoms in total. The van der Waals surface area contributed by atoms with Crippen LogP contribution in [0.25, 0.3) is 0 Å². The van der Waals surface area contributed by atoms with E-state index >= 15 is 0 Å². The summed E-state index contributed by atoms with van der Waals surface area (Å²) in [6.07, 6.45) is -0.0521. The number of hydrogen-bond acceptors (Lipinski definition) is 5. The summed E-state index contributed by atoms with van der Waals surface area (Å²) < 4.78 is 0. The first-order valence-corrected chi connectivity index (χ1v) is 12.0. The molecule has 1 fully saturated rings. The van der Waals surface area contributed by atoms with Crippen molar-refractivity contribution >= 4 is 23.2 Å². The second-order valence-electron chi connectivity index (χ2n) is 10.2. The fraction of sp³-hybridized carbons (Fsp3) is 0.462. The quantitative estimate of drug-likeness (QED) is 0.382. The van der Waals surface area contributed by atoms with Crippen molar-refractivity contribution in [1.29, 1.82) is 0 Å². The first-order chi connectivity index (χ1) is 15.5. The summed E-state index contributed by atoms with van der Waals surface area (Å²) in [7, 11) is 0. The number of benzene rings is 2. The van der Waals surface area contributed by atoms with Gasteiger partial charge in [-0.3, -0.25) is 0 Å². The van der Waals surface area contributed by atoms with Crippen molar-refractivity contribution in [3.8, 4) is 0 Å². The summed E-state index contributed by atoms with van der Waals surface area (Å²) in [6, 6.07) is 15.2. The highest BCUT2D eigenvalue weighted by molar-refractivity contribution is 6.30. The second kappa shape index (κ2) is 10.3. The van der Waals surface area contributed by atoms with E-state index in [-0.39, 0.29) is 36.6 Å². The summed E-state index contributed by atoms with van der Waals surface area (Å²) in [5.74, 6) is -0.198. The van der Waals surface area contributed by atoms with Crippen LogP contribution in [0.1, 0.15) is 44.2 Å². The van der Waals surface area contributed by atoms with Crippen molar-refractivity contribution in [3.63, 3.8) is 0 Å². The van der Waals surface area contributed by atoms with Gasteiger partial charge in [-0.15, -0.1) is 0 Å². The molecule has 1 saturated heterocycles. The van der Waals surface area contributed by atoms with Crippen LogP contribution in [-0.2, 0) is 5.54 Å². The molecule has 2 aromatic rings. The van der Waals surface area contributed by atoms with Gasteiger partial charge in [-0.2, -0.15) is 0 Å². The van der Waals surface area contributed by atoms with Crippen LogP contribution in [-0.4, -0.2) is 41.6 Å². The summed E-state index contributed by atoms with van der Waals surface area (Å²) in [5.41, 5.74) is 9.32. The molecular formula is C26H35Cl2N3O2. The Morgan fingerprint density at radius 2 is 1.85 bits per heavy atom. The van der Waals surface area contributed by atoms with Crippen LogP contribution in [0.15, 0.2) is 60.8 Å². The van der Waals surface area contributed by atoms with Gasteiger partial charge >= 0.3 is 0 Å². The van der Waals surface area contributed by atoms with Gasteiger partial charge in [-0.05, 0) is 47.2 Å².